The van der Waals surface area contributed by atoms with Crippen LogP contribution in [0.3, 0.4) is 0 Å². The molecule has 6 amide bonds. The van der Waals surface area contributed by atoms with Crippen LogP contribution >= 0.6 is 48.4 Å². The van der Waals surface area contributed by atoms with Crippen molar-refractivity contribution in [1.29, 1.82) is 0 Å². The molecule has 3 N–H and O–H groups in total. The number of hydrogen-bond acceptors (Lipinski definition) is 16. The minimum atomic E-state index is -0.550. The first kappa shape index (κ1) is 82.3. The number of fused-ring (bicyclic) bond motifs is 8. The highest BCUT2D eigenvalue weighted by Crippen LogP contribution is 2.35. The molecule has 0 saturated heterocycles. The van der Waals surface area contributed by atoms with E-state index < -0.39 is 11.9 Å². The summed E-state index contributed by atoms with van der Waals surface area (Å²) in [6.07, 6.45) is 6.72. The number of imide groups is 3. The zero-order chi connectivity index (χ0) is 74.3. The first-order valence-corrected chi connectivity index (χ1v) is 33.9. The fourth-order valence-corrected chi connectivity index (χ4v) is 12.6. The molecule has 19 nitrogen and oxygen atoms in total. The van der Waals surface area contributed by atoms with Gasteiger partial charge in [0.2, 0.25) is 0 Å². The van der Waals surface area contributed by atoms with Gasteiger partial charge in [-0.3, -0.25) is 43.5 Å². The minimum Gasteiger partial charge on any atom is -0.474 e. The van der Waals surface area contributed by atoms with E-state index in [1.54, 1.807) is 157 Å². The number of carbonyl (C=O) groups is 8. The summed E-state index contributed by atoms with van der Waals surface area (Å²) in [6, 6.07) is 61.0. The number of methoxy groups -OCH3 is 3. The molecule has 4 heterocycles. The molecular weight excluding hydrogens is 1390 g/mol. The molecule has 0 aromatic heterocycles. The molecule has 8 aliphatic rings. The Morgan fingerprint density at radius 1 is 0.379 bits per heavy atom. The lowest BCUT2D eigenvalue weighted by Crippen LogP contribution is -2.40. The molecule has 4 aliphatic heterocycles. The number of cyclic esters (lactones) is 2. The topological polar surface area (TPSA) is 236 Å². The van der Waals surface area contributed by atoms with E-state index in [1.165, 1.54) is 59.2 Å². The Labute approximate surface area is 623 Å². The highest BCUT2D eigenvalue weighted by molar-refractivity contribution is 7.83. The van der Waals surface area contributed by atoms with Crippen LogP contribution in [-0.4, -0.2) is 182 Å². The van der Waals surface area contributed by atoms with Crippen LogP contribution in [0, 0.1) is 0 Å². The first-order chi connectivity index (χ1) is 49.1. The Bertz CT molecular complexity index is 3820. The van der Waals surface area contributed by atoms with Gasteiger partial charge >= 0.3 is 11.9 Å². The number of thiocarbonyl (C=S) groups is 2. The van der Waals surface area contributed by atoms with Crippen molar-refractivity contribution in [2.45, 2.75) is 75.5 Å². The fraction of sp³-hybridized carbons (Fsp3) is 0.275. The second-order valence-corrected chi connectivity index (χ2v) is 25.9. The standard InChI is InChI=1S/3C17H13NO2.C9H11N.C8H4O3.C4H9NOS.C3H6ClNS.2C2H6O.CH4O.ClH/c3*19-16-14-7-3-4-8-15(14)17(20)18(16)13-9-11-5-1-2-6-12(11)10-13;10-9-5-7-3-1-2-4-8(7)6-9;9-7-5-3-1-2-4-6(5)8(10)11-7;1-5(2)4(7)6-3;1-5(2)3(4)6;2*1-3-2;1-2;/h3*1-8,13H,9-10H2;1-4,9H,5-6,10H2;1-4H;1-3H3;1-2H3;2*1-2H3;2H,1H3;1H. The molecule has 4 aliphatic carbocycles. The molecule has 23 heteroatoms. The van der Waals surface area contributed by atoms with E-state index in [1.807, 2.05) is 50.5 Å². The van der Waals surface area contributed by atoms with E-state index in [2.05, 4.69) is 104 Å². The molecule has 8 aromatic rings. The Hall–Kier alpha value is -9.68. The molecule has 0 atom stereocenters. The zero-order valence-electron chi connectivity index (χ0n) is 59.2. The third-order valence-electron chi connectivity index (χ3n) is 17.2. The zero-order valence-corrected chi connectivity index (χ0v) is 62.4. The Kier molecular flexibility index (Phi) is 31.7. The number of aliphatic hydroxyl groups excluding tert-OH is 1. The second kappa shape index (κ2) is 39.7. The summed E-state index contributed by atoms with van der Waals surface area (Å²) in [4.78, 5) is 104. The molecule has 16 rings (SSSR count). The van der Waals surface area contributed by atoms with Gasteiger partial charge in [0.1, 0.15) is 0 Å². The number of rotatable bonds is 3. The van der Waals surface area contributed by atoms with Crippen LogP contribution in [0.1, 0.15) is 127 Å². The normalized spacial score (nSPS) is 14.8. The minimum absolute atomic E-state index is 0. The lowest BCUT2D eigenvalue weighted by atomic mass is 10.1. The highest BCUT2D eigenvalue weighted by atomic mass is 35.5. The summed E-state index contributed by atoms with van der Waals surface area (Å²) in [6.45, 7) is 0. The van der Waals surface area contributed by atoms with Crippen molar-refractivity contribution in [3.05, 3.63) is 283 Å². The quantitative estimate of drug-likeness (QED) is 0.0418. The van der Waals surface area contributed by atoms with Crippen LogP contribution in [0.15, 0.2) is 194 Å². The highest BCUT2D eigenvalue weighted by Gasteiger charge is 2.44. The van der Waals surface area contributed by atoms with Crippen molar-refractivity contribution in [2.24, 2.45) is 5.73 Å². The Morgan fingerprint density at radius 3 is 0.718 bits per heavy atom. The van der Waals surface area contributed by atoms with Gasteiger partial charge in [-0.25, -0.2) is 9.59 Å². The predicted molar refractivity (Wildman–Crippen MR) is 408 cm³/mol. The number of hydrogen-bond donors (Lipinski definition) is 2. The smallest absolute Gasteiger partial charge is 0.346 e. The van der Waals surface area contributed by atoms with E-state index in [0.717, 1.165) is 58.5 Å². The van der Waals surface area contributed by atoms with E-state index in [-0.39, 0.29) is 66.0 Å². The van der Waals surface area contributed by atoms with Crippen molar-refractivity contribution in [3.63, 3.8) is 0 Å². The molecule has 0 saturated carbocycles. The number of aliphatic hydroxyl groups is 1. The van der Waals surface area contributed by atoms with Gasteiger partial charge in [-0.1, -0.05) is 157 Å². The number of ether oxygens (including phenoxy) is 4. The monoisotopic (exact) mass is 1470 g/mol. The van der Waals surface area contributed by atoms with Gasteiger partial charge in [0, 0.05) is 87.9 Å². The number of nitrogens with zero attached hydrogens (tertiary/aromatic N) is 5. The molecular formula is C80H86Cl2N6O13S2. The lowest BCUT2D eigenvalue weighted by molar-refractivity contribution is 0.0439. The molecule has 0 radical (unpaired) electrons. The van der Waals surface area contributed by atoms with Gasteiger partial charge < -0.3 is 39.6 Å². The predicted octanol–water partition coefficient (Wildman–Crippen LogP) is 11.6. The Morgan fingerprint density at radius 2 is 0.553 bits per heavy atom. The number of carbonyl (C=O) groups excluding carboxylic acids is 8. The number of esters is 2. The molecule has 0 spiro atoms. The van der Waals surface area contributed by atoms with Crippen molar-refractivity contribution < 1.29 is 62.4 Å². The van der Waals surface area contributed by atoms with Gasteiger partial charge in [-0.05, 0) is 169 Å². The maximum Gasteiger partial charge on any atom is 0.346 e. The summed E-state index contributed by atoms with van der Waals surface area (Å²) < 4.78 is 17.9. The van der Waals surface area contributed by atoms with Crippen LogP contribution in [0.25, 0.3) is 0 Å². The molecule has 8 aromatic carbocycles. The van der Waals surface area contributed by atoms with E-state index in [9.17, 15) is 38.4 Å². The molecule has 0 fully saturated rings. The summed E-state index contributed by atoms with van der Waals surface area (Å²) in [5.41, 5.74) is 20.1. The summed E-state index contributed by atoms with van der Waals surface area (Å²) in [5, 5.41) is 7.51. The van der Waals surface area contributed by atoms with Gasteiger partial charge in [-0.15, -0.1) is 12.4 Å². The average molecular weight is 1470 g/mol. The van der Waals surface area contributed by atoms with Gasteiger partial charge in [0.15, 0.2) is 4.45 Å². The fourth-order valence-electron chi connectivity index (χ4n) is 12.6. The van der Waals surface area contributed by atoms with Gasteiger partial charge in [-0.2, -0.15) is 0 Å². The van der Waals surface area contributed by atoms with Crippen molar-refractivity contribution in [1.82, 2.24) is 24.5 Å². The number of amides is 6. The summed E-state index contributed by atoms with van der Waals surface area (Å²) >= 11 is 14.5. The third-order valence-corrected chi connectivity index (χ3v) is 18.4. The molecule has 0 unspecified atom stereocenters. The maximum atomic E-state index is 12.5. The average Bonchev–Trinajstić information content (AvgIpc) is 1.62. The summed E-state index contributed by atoms with van der Waals surface area (Å²) in [7, 11) is 16.3. The molecule has 103 heavy (non-hydrogen) atoms. The van der Waals surface area contributed by atoms with Crippen molar-refractivity contribution >= 4 is 105 Å². The SMILES string of the molecule is CN(C)C(=S)Cl.CO.COC.COC.COC(=S)N(C)C.Cl.NC1Cc2ccccc2C1.O=C1OC(=O)c2ccccc21.O=C1c2ccccc2C(=O)N1C1Cc2ccccc2C1.O=C1c2ccccc2C(=O)N1C1Cc2ccccc2C1.O=C1c2ccccc2C(=O)N1C1Cc2ccccc2C1. The van der Waals surface area contributed by atoms with Gasteiger partial charge in [0.05, 0.1) is 51.6 Å². The third kappa shape index (κ3) is 20.4. The van der Waals surface area contributed by atoms with Crippen LogP contribution < -0.4 is 5.73 Å². The van der Waals surface area contributed by atoms with E-state index in [4.69, 9.17) is 22.4 Å². The largest absolute Gasteiger partial charge is 0.474 e. The number of halogens is 2. The van der Waals surface area contributed by atoms with E-state index >= 15 is 0 Å². The van der Waals surface area contributed by atoms with Crippen LogP contribution in [0.4, 0.5) is 0 Å². The van der Waals surface area contributed by atoms with Crippen LogP contribution in [-0.2, 0) is 70.3 Å². The summed E-state index contributed by atoms with van der Waals surface area (Å²) in [5.74, 6) is -2.00. The van der Waals surface area contributed by atoms with Crippen molar-refractivity contribution in [3.8, 4) is 0 Å². The second-order valence-electron chi connectivity index (χ2n) is 24.6. The van der Waals surface area contributed by atoms with Crippen LogP contribution in [0.5, 0.6) is 0 Å². The molecule has 0 bridgehead atoms. The maximum absolute atomic E-state index is 12.5. The first-order valence-electron chi connectivity index (χ1n) is 32.7. The van der Waals surface area contributed by atoms with Crippen LogP contribution in [0.2, 0.25) is 0 Å². The molecule has 540 valence electrons. The Balaban J connectivity index is 0.000000192. The van der Waals surface area contributed by atoms with Crippen molar-refractivity contribution in [2.75, 3.05) is 70.8 Å². The number of benzene rings is 8. The van der Waals surface area contributed by atoms with E-state index in [0.29, 0.717) is 60.2 Å². The lowest BCUT2D eigenvalue weighted by Gasteiger charge is -2.21. The number of nitrogens with two attached hydrogens (primary N) is 1. The van der Waals surface area contributed by atoms with Gasteiger partial charge in [0.25, 0.3) is 40.6 Å².